The maximum atomic E-state index is 14.2. The number of carboxylic acid groups (broad SMARTS) is 1. The Balaban J connectivity index is 1.91. The van der Waals surface area contributed by atoms with Crippen molar-refractivity contribution in [2.75, 3.05) is 4.90 Å². The van der Waals surface area contributed by atoms with Crippen molar-refractivity contribution in [2.45, 2.75) is 0 Å². The summed E-state index contributed by atoms with van der Waals surface area (Å²) in [5, 5.41) is 9.48. The number of fused-ring (bicyclic) bond motifs is 1. The summed E-state index contributed by atoms with van der Waals surface area (Å²) in [5.41, 5.74) is -0.871. The van der Waals surface area contributed by atoms with Gasteiger partial charge in [0.1, 0.15) is 5.82 Å². The number of anilines is 1. The fraction of sp³-hybridized carbons (Fsp3) is 0. The third-order valence-electron chi connectivity index (χ3n) is 4.58. The smallest absolute Gasteiger partial charge is 0.337 e. The Morgan fingerprint density at radius 3 is 1.93 bits per heavy atom. The Labute approximate surface area is 161 Å². The first kappa shape index (κ1) is 18.4. The standard InChI is InChI=1S/C21H10F3NO4/c22-15-9-17(24)16(23)8-14(15)10-5-6-13(21(28)29)18(7-10)25-19(26)11-3-1-2-4-12(11)20(25)27/h1-9H,(H,28,29). The molecule has 0 radical (unpaired) electrons. The number of imide groups is 1. The number of benzene rings is 3. The van der Waals surface area contributed by atoms with Crippen LogP contribution in [0.4, 0.5) is 18.9 Å². The lowest BCUT2D eigenvalue weighted by molar-refractivity contribution is 0.0698. The van der Waals surface area contributed by atoms with E-state index < -0.39 is 35.2 Å². The van der Waals surface area contributed by atoms with E-state index in [-0.39, 0.29) is 33.5 Å². The second-order valence-corrected chi connectivity index (χ2v) is 6.27. The molecule has 0 spiro atoms. The number of hydrogen-bond donors (Lipinski definition) is 1. The molecule has 0 saturated heterocycles. The summed E-state index contributed by atoms with van der Waals surface area (Å²) in [5.74, 6) is -6.67. The summed E-state index contributed by atoms with van der Waals surface area (Å²) in [6.45, 7) is 0. The maximum absolute atomic E-state index is 14.2. The third kappa shape index (κ3) is 2.85. The highest BCUT2D eigenvalue weighted by Crippen LogP contribution is 2.35. The van der Waals surface area contributed by atoms with Gasteiger partial charge in [-0.1, -0.05) is 18.2 Å². The molecule has 2 amide bonds. The molecule has 29 heavy (non-hydrogen) atoms. The number of halogens is 3. The van der Waals surface area contributed by atoms with Gasteiger partial charge >= 0.3 is 5.97 Å². The molecule has 1 aliphatic rings. The first-order chi connectivity index (χ1) is 13.8. The van der Waals surface area contributed by atoms with Crippen LogP contribution in [0.5, 0.6) is 0 Å². The number of aromatic carboxylic acids is 1. The van der Waals surface area contributed by atoms with E-state index in [2.05, 4.69) is 0 Å². The number of carbonyl (C=O) groups is 3. The molecule has 4 rings (SSSR count). The van der Waals surface area contributed by atoms with Crippen LogP contribution in [0.1, 0.15) is 31.1 Å². The van der Waals surface area contributed by atoms with E-state index in [0.29, 0.717) is 17.0 Å². The van der Waals surface area contributed by atoms with Gasteiger partial charge in [0.25, 0.3) is 11.8 Å². The molecule has 3 aromatic rings. The van der Waals surface area contributed by atoms with Gasteiger partial charge in [-0.2, -0.15) is 0 Å². The van der Waals surface area contributed by atoms with Gasteiger partial charge in [-0.05, 0) is 35.9 Å². The summed E-state index contributed by atoms with van der Waals surface area (Å²) < 4.78 is 41.0. The minimum absolute atomic E-state index is 0.0297. The van der Waals surface area contributed by atoms with Crippen molar-refractivity contribution in [2.24, 2.45) is 0 Å². The minimum atomic E-state index is -1.42. The molecular weight excluding hydrogens is 387 g/mol. The van der Waals surface area contributed by atoms with Crippen molar-refractivity contribution in [3.8, 4) is 11.1 Å². The van der Waals surface area contributed by atoms with Crippen LogP contribution in [0.15, 0.2) is 54.6 Å². The molecule has 0 fully saturated rings. The van der Waals surface area contributed by atoms with E-state index in [4.69, 9.17) is 0 Å². The molecule has 0 saturated carbocycles. The van der Waals surface area contributed by atoms with E-state index in [1.165, 1.54) is 18.2 Å². The fourth-order valence-electron chi connectivity index (χ4n) is 3.22. The van der Waals surface area contributed by atoms with Crippen molar-refractivity contribution in [1.29, 1.82) is 0 Å². The summed E-state index contributed by atoms with van der Waals surface area (Å²) >= 11 is 0. The SMILES string of the molecule is O=C(O)c1ccc(-c2cc(F)c(F)cc2F)cc1N1C(=O)c2ccccc2C1=O. The monoisotopic (exact) mass is 397 g/mol. The minimum Gasteiger partial charge on any atom is -0.478 e. The molecule has 1 heterocycles. The van der Waals surface area contributed by atoms with Crippen LogP contribution < -0.4 is 4.90 Å². The second-order valence-electron chi connectivity index (χ2n) is 6.27. The quantitative estimate of drug-likeness (QED) is 0.529. The molecule has 1 aliphatic heterocycles. The Bertz CT molecular complexity index is 1190. The first-order valence-electron chi connectivity index (χ1n) is 8.29. The molecule has 0 aliphatic carbocycles. The van der Waals surface area contributed by atoms with Crippen molar-refractivity contribution >= 4 is 23.5 Å². The van der Waals surface area contributed by atoms with Gasteiger partial charge in [0.05, 0.1) is 22.4 Å². The number of hydrogen-bond acceptors (Lipinski definition) is 3. The highest BCUT2D eigenvalue weighted by atomic mass is 19.2. The molecule has 3 aromatic carbocycles. The van der Waals surface area contributed by atoms with Crippen molar-refractivity contribution in [3.05, 3.63) is 88.7 Å². The molecule has 0 unspecified atom stereocenters. The lowest BCUT2D eigenvalue weighted by atomic mass is 10.0. The Hall–Kier alpha value is -3.94. The molecule has 0 aromatic heterocycles. The molecule has 0 atom stereocenters. The van der Waals surface area contributed by atoms with Gasteiger partial charge in [-0.25, -0.2) is 22.9 Å². The average Bonchev–Trinajstić information content (AvgIpc) is 2.95. The molecular formula is C21H10F3NO4. The van der Waals surface area contributed by atoms with Crippen LogP contribution >= 0.6 is 0 Å². The third-order valence-corrected chi connectivity index (χ3v) is 4.58. The summed E-state index contributed by atoms with van der Waals surface area (Å²) in [7, 11) is 0. The molecule has 5 nitrogen and oxygen atoms in total. The van der Waals surface area contributed by atoms with E-state index >= 15 is 0 Å². The van der Waals surface area contributed by atoms with Crippen LogP contribution in [0.3, 0.4) is 0 Å². The topological polar surface area (TPSA) is 74.7 Å². The normalized spacial score (nSPS) is 13.0. The Kier molecular flexibility index (Phi) is 4.19. The van der Waals surface area contributed by atoms with Crippen molar-refractivity contribution < 1.29 is 32.7 Å². The number of nitrogens with zero attached hydrogens (tertiary/aromatic N) is 1. The van der Waals surface area contributed by atoms with E-state index in [1.54, 1.807) is 12.1 Å². The fourth-order valence-corrected chi connectivity index (χ4v) is 3.22. The van der Waals surface area contributed by atoms with Gasteiger partial charge in [-0.15, -0.1) is 0 Å². The Morgan fingerprint density at radius 2 is 1.34 bits per heavy atom. The summed E-state index contributed by atoms with van der Waals surface area (Å²) in [6, 6.07) is 10.3. The van der Waals surface area contributed by atoms with E-state index in [9.17, 15) is 32.7 Å². The number of amides is 2. The van der Waals surface area contributed by atoms with Crippen LogP contribution in [-0.2, 0) is 0 Å². The van der Waals surface area contributed by atoms with Crippen molar-refractivity contribution in [3.63, 3.8) is 0 Å². The average molecular weight is 397 g/mol. The van der Waals surface area contributed by atoms with Crippen molar-refractivity contribution in [1.82, 2.24) is 0 Å². The lowest BCUT2D eigenvalue weighted by Gasteiger charge is -2.18. The molecule has 144 valence electrons. The zero-order chi connectivity index (χ0) is 20.9. The number of rotatable bonds is 3. The van der Waals surface area contributed by atoms with E-state index in [0.717, 1.165) is 12.1 Å². The maximum Gasteiger partial charge on any atom is 0.337 e. The van der Waals surface area contributed by atoms with Crippen LogP contribution in [0, 0.1) is 17.5 Å². The zero-order valence-electron chi connectivity index (χ0n) is 14.4. The second kappa shape index (κ2) is 6.59. The highest BCUT2D eigenvalue weighted by Gasteiger charge is 2.38. The number of carboxylic acids is 1. The van der Waals surface area contributed by atoms with Gasteiger partial charge in [0.15, 0.2) is 11.6 Å². The predicted octanol–water partition coefficient (Wildman–Crippen LogP) is 4.27. The highest BCUT2D eigenvalue weighted by molar-refractivity contribution is 6.35. The number of carbonyl (C=O) groups excluding carboxylic acids is 2. The summed E-state index contributed by atoms with van der Waals surface area (Å²) in [4.78, 5) is 37.8. The van der Waals surface area contributed by atoms with Crippen LogP contribution in [-0.4, -0.2) is 22.9 Å². The predicted molar refractivity (Wildman–Crippen MR) is 96.3 cm³/mol. The largest absolute Gasteiger partial charge is 0.478 e. The zero-order valence-corrected chi connectivity index (χ0v) is 14.4. The van der Waals surface area contributed by atoms with Gasteiger partial charge in [0, 0.05) is 11.6 Å². The molecule has 8 heteroatoms. The van der Waals surface area contributed by atoms with Crippen LogP contribution in [0.2, 0.25) is 0 Å². The van der Waals surface area contributed by atoms with Gasteiger partial charge in [0.2, 0.25) is 0 Å². The van der Waals surface area contributed by atoms with Gasteiger partial charge < -0.3 is 5.11 Å². The molecule has 1 N–H and O–H groups in total. The van der Waals surface area contributed by atoms with Gasteiger partial charge in [-0.3, -0.25) is 9.59 Å². The Morgan fingerprint density at radius 1 is 0.759 bits per heavy atom. The first-order valence-corrected chi connectivity index (χ1v) is 8.29. The lowest BCUT2D eigenvalue weighted by Crippen LogP contribution is -2.31. The van der Waals surface area contributed by atoms with E-state index in [1.807, 2.05) is 0 Å². The van der Waals surface area contributed by atoms with Crippen LogP contribution in [0.25, 0.3) is 11.1 Å². The molecule has 0 bridgehead atoms. The summed E-state index contributed by atoms with van der Waals surface area (Å²) in [6.07, 6.45) is 0.